The van der Waals surface area contributed by atoms with Crippen LogP contribution in [0.4, 0.5) is 0 Å². The van der Waals surface area contributed by atoms with Gasteiger partial charge in [-0.1, -0.05) is 79.9 Å². The maximum Gasteiger partial charge on any atom is 0.124 e. The number of benzene rings is 2. The van der Waals surface area contributed by atoms with Crippen LogP contribution in [0.25, 0.3) is 0 Å². The Labute approximate surface area is 178 Å². The summed E-state index contributed by atoms with van der Waals surface area (Å²) in [6.45, 7) is 4.42. The monoisotopic (exact) mass is 427 g/mol. The molecule has 5 heteroatoms. The zero-order chi connectivity index (χ0) is 19.5. The SMILES string of the molecule is CCCCCCCCNCc1cc(Cl)ccc1OCc1ccc(Cl)c(Cl)c1. The molecule has 0 atom stereocenters. The lowest BCUT2D eigenvalue weighted by Crippen LogP contribution is -2.15. The molecule has 2 aromatic carbocycles. The Morgan fingerprint density at radius 3 is 2.41 bits per heavy atom. The Balaban J connectivity index is 1.82. The predicted molar refractivity (Wildman–Crippen MR) is 117 cm³/mol. The van der Waals surface area contributed by atoms with Gasteiger partial charge < -0.3 is 10.1 Å². The zero-order valence-corrected chi connectivity index (χ0v) is 18.1. The highest BCUT2D eigenvalue weighted by Crippen LogP contribution is 2.26. The van der Waals surface area contributed by atoms with Crippen LogP contribution < -0.4 is 10.1 Å². The lowest BCUT2D eigenvalue weighted by molar-refractivity contribution is 0.302. The van der Waals surface area contributed by atoms with Crippen LogP contribution in [0.3, 0.4) is 0 Å². The first-order valence-electron chi connectivity index (χ1n) is 9.66. The topological polar surface area (TPSA) is 21.3 Å². The van der Waals surface area contributed by atoms with Crippen molar-refractivity contribution >= 4 is 34.8 Å². The second-order valence-electron chi connectivity index (χ2n) is 6.73. The van der Waals surface area contributed by atoms with E-state index in [1.807, 2.05) is 30.3 Å². The van der Waals surface area contributed by atoms with Crippen LogP contribution in [-0.4, -0.2) is 6.54 Å². The lowest BCUT2D eigenvalue weighted by atomic mass is 10.1. The Morgan fingerprint density at radius 1 is 0.852 bits per heavy atom. The molecule has 0 aliphatic rings. The van der Waals surface area contributed by atoms with E-state index in [1.54, 1.807) is 6.07 Å². The molecule has 0 heterocycles. The van der Waals surface area contributed by atoms with Gasteiger partial charge in [-0.15, -0.1) is 0 Å². The van der Waals surface area contributed by atoms with Crippen LogP contribution >= 0.6 is 34.8 Å². The van der Waals surface area contributed by atoms with Crippen LogP contribution in [0.5, 0.6) is 5.75 Å². The van der Waals surface area contributed by atoms with Crippen molar-refractivity contribution in [2.45, 2.75) is 58.6 Å². The Hall–Kier alpha value is -0.930. The van der Waals surface area contributed by atoms with Gasteiger partial charge in [-0.2, -0.15) is 0 Å². The van der Waals surface area contributed by atoms with Gasteiger partial charge in [-0.05, 0) is 48.9 Å². The van der Waals surface area contributed by atoms with Crippen molar-refractivity contribution < 1.29 is 4.74 Å². The van der Waals surface area contributed by atoms with Crippen LogP contribution in [0.1, 0.15) is 56.6 Å². The molecule has 0 aromatic heterocycles. The van der Waals surface area contributed by atoms with E-state index < -0.39 is 0 Å². The fourth-order valence-corrected chi connectivity index (χ4v) is 3.39. The summed E-state index contributed by atoms with van der Waals surface area (Å²) < 4.78 is 6.00. The fraction of sp³-hybridized carbons (Fsp3) is 0.455. The second kappa shape index (κ2) is 12.5. The van der Waals surface area contributed by atoms with Crippen molar-refractivity contribution in [1.29, 1.82) is 0 Å². The molecule has 2 rings (SSSR count). The summed E-state index contributed by atoms with van der Waals surface area (Å²) in [5.74, 6) is 0.834. The van der Waals surface area contributed by atoms with Gasteiger partial charge in [-0.3, -0.25) is 0 Å². The summed E-state index contributed by atoms with van der Waals surface area (Å²) in [4.78, 5) is 0. The van der Waals surface area contributed by atoms with Crippen LogP contribution in [0.2, 0.25) is 15.1 Å². The van der Waals surface area contributed by atoms with Crippen molar-refractivity contribution in [3.05, 3.63) is 62.6 Å². The minimum absolute atomic E-state index is 0.433. The highest BCUT2D eigenvalue weighted by atomic mass is 35.5. The van der Waals surface area contributed by atoms with Gasteiger partial charge >= 0.3 is 0 Å². The molecular weight excluding hydrogens is 401 g/mol. The second-order valence-corrected chi connectivity index (χ2v) is 7.98. The average Bonchev–Trinajstić information content (AvgIpc) is 2.66. The highest BCUT2D eigenvalue weighted by Gasteiger charge is 2.07. The molecular formula is C22H28Cl3NO. The molecule has 0 bridgehead atoms. The zero-order valence-electron chi connectivity index (χ0n) is 15.9. The maximum absolute atomic E-state index is 6.17. The molecule has 0 aliphatic heterocycles. The molecule has 1 N–H and O–H groups in total. The minimum atomic E-state index is 0.433. The van der Waals surface area contributed by atoms with Gasteiger partial charge in [-0.25, -0.2) is 0 Å². The standard InChI is InChI=1S/C22H28Cl3NO/c1-2-3-4-5-6-7-12-26-15-18-14-19(23)9-11-22(18)27-16-17-8-10-20(24)21(25)13-17/h8-11,13-14,26H,2-7,12,15-16H2,1H3. The number of hydrogen-bond donors (Lipinski definition) is 1. The molecule has 0 fully saturated rings. The van der Waals surface area contributed by atoms with Crippen molar-refractivity contribution in [2.24, 2.45) is 0 Å². The van der Waals surface area contributed by atoms with Gasteiger partial charge in [0.25, 0.3) is 0 Å². The quantitative estimate of drug-likeness (QED) is 0.350. The number of hydrogen-bond acceptors (Lipinski definition) is 2. The van der Waals surface area contributed by atoms with E-state index in [-0.39, 0.29) is 0 Å². The van der Waals surface area contributed by atoms with E-state index >= 15 is 0 Å². The summed E-state index contributed by atoms with van der Waals surface area (Å²) in [6.07, 6.45) is 7.78. The molecule has 2 nitrogen and oxygen atoms in total. The lowest BCUT2D eigenvalue weighted by Gasteiger charge is -2.13. The van der Waals surface area contributed by atoms with E-state index in [1.165, 1.54) is 38.5 Å². The number of unbranched alkanes of at least 4 members (excludes halogenated alkanes) is 5. The Kier molecular flexibility index (Phi) is 10.4. The number of rotatable bonds is 12. The molecule has 0 aliphatic carbocycles. The van der Waals surface area contributed by atoms with Crippen LogP contribution in [0, 0.1) is 0 Å². The molecule has 0 amide bonds. The summed E-state index contributed by atoms with van der Waals surface area (Å²) in [7, 11) is 0. The Morgan fingerprint density at radius 2 is 1.63 bits per heavy atom. The molecule has 2 aromatic rings. The summed E-state index contributed by atoms with van der Waals surface area (Å²) in [5.41, 5.74) is 2.04. The van der Waals surface area contributed by atoms with Crippen molar-refractivity contribution in [3.63, 3.8) is 0 Å². The van der Waals surface area contributed by atoms with Gasteiger partial charge in [0, 0.05) is 17.1 Å². The summed E-state index contributed by atoms with van der Waals surface area (Å²) in [5, 5.41) is 5.30. The van der Waals surface area contributed by atoms with Crippen LogP contribution in [0.15, 0.2) is 36.4 Å². The third kappa shape index (κ3) is 8.31. The van der Waals surface area contributed by atoms with Gasteiger partial charge in [0.15, 0.2) is 0 Å². The molecule has 0 unspecified atom stereocenters. The maximum atomic E-state index is 6.17. The molecule has 0 spiro atoms. The van der Waals surface area contributed by atoms with Crippen molar-refractivity contribution in [3.8, 4) is 5.75 Å². The number of ether oxygens (including phenoxy) is 1. The smallest absolute Gasteiger partial charge is 0.124 e. The Bertz CT molecular complexity index is 706. The molecule has 148 valence electrons. The van der Waals surface area contributed by atoms with Crippen LogP contribution in [-0.2, 0) is 13.2 Å². The number of halogens is 3. The van der Waals surface area contributed by atoms with E-state index in [0.717, 1.165) is 30.0 Å². The summed E-state index contributed by atoms with van der Waals surface area (Å²) >= 11 is 18.2. The van der Waals surface area contributed by atoms with E-state index in [9.17, 15) is 0 Å². The minimum Gasteiger partial charge on any atom is -0.489 e. The molecule has 27 heavy (non-hydrogen) atoms. The van der Waals surface area contributed by atoms with E-state index in [0.29, 0.717) is 21.7 Å². The van der Waals surface area contributed by atoms with Gasteiger partial charge in [0.05, 0.1) is 10.0 Å². The largest absolute Gasteiger partial charge is 0.489 e. The summed E-state index contributed by atoms with van der Waals surface area (Å²) in [6, 6.07) is 11.3. The third-order valence-corrected chi connectivity index (χ3v) is 5.40. The predicted octanol–water partition coefficient (Wildman–Crippen LogP) is 7.68. The van der Waals surface area contributed by atoms with Crippen molar-refractivity contribution in [2.75, 3.05) is 6.54 Å². The first kappa shape index (κ1) is 22.4. The first-order chi connectivity index (χ1) is 13.1. The van der Waals surface area contributed by atoms with Gasteiger partial charge in [0.2, 0.25) is 0 Å². The fourth-order valence-electron chi connectivity index (χ4n) is 2.87. The van der Waals surface area contributed by atoms with E-state index in [4.69, 9.17) is 39.5 Å². The highest BCUT2D eigenvalue weighted by molar-refractivity contribution is 6.42. The molecule has 0 saturated heterocycles. The third-order valence-electron chi connectivity index (χ3n) is 4.42. The normalized spacial score (nSPS) is 11.0. The molecule has 0 saturated carbocycles. The number of nitrogens with one attached hydrogen (secondary N) is 1. The average molecular weight is 429 g/mol. The van der Waals surface area contributed by atoms with Gasteiger partial charge in [0.1, 0.15) is 12.4 Å². The molecule has 0 radical (unpaired) electrons. The first-order valence-corrected chi connectivity index (χ1v) is 10.8. The van der Waals surface area contributed by atoms with Crippen molar-refractivity contribution in [1.82, 2.24) is 5.32 Å². The van der Waals surface area contributed by atoms with E-state index in [2.05, 4.69) is 12.2 Å².